The van der Waals surface area contributed by atoms with Crippen LogP contribution in [0.2, 0.25) is 0 Å². The maximum absolute atomic E-state index is 11.4. The molecule has 0 atom stereocenters. The molecule has 0 aliphatic rings. The average Bonchev–Trinajstić information content (AvgIpc) is 2.72. The van der Waals surface area contributed by atoms with Gasteiger partial charge in [0.15, 0.2) is 5.75 Å². The summed E-state index contributed by atoms with van der Waals surface area (Å²) in [5.41, 5.74) is 0.785. The predicted molar refractivity (Wildman–Crippen MR) is 62.8 cm³/mol. The second-order valence-corrected chi connectivity index (χ2v) is 3.60. The van der Waals surface area contributed by atoms with E-state index in [0.717, 1.165) is 12.4 Å². The molecule has 1 aromatic heterocycles. The lowest BCUT2D eigenvalue weighted by Crippen LogP contribution is -2.36. The summed E-state index contributed by atoms with van der Waals surface area (Å²) in [7, 11) is 0. The number of amides is 2. The Labute approximate surface area is 102 Å². The Kier molecular flexibility index (Phi) is 3.09. The zero-order valence-corrected chi connectivity index (χ0v) is 9.52. The van der Waals surface area contributed by atoms with E-state index in [2.05, 4.69) is 4.98 Å². The lowest BCUT2D eigenvalue weighted by Gasteiger charge is -2.01. The fourth-order valence-electron chi connectivity index (χ4n) is 1.49. The minimum atomic E-state index is -1.13. The molecular formula is C12H10N2O4. The van der Waals surface area contributed by atoms with Gasteiger partial charge < -0.3 is 9.72 Å². The molecule has 0 saturated heterocycles. The average molecular weight is 246 g/mol. The molecule has 0 bridgehead atoms. The number of esters is 1. The van der Waals surface area contributed by atoms with E-state index in [-0.39, 0.29) is 5.75 Å². The van der Waals surface area contributed by atoms with Crippen molar-refractivity contribution >= 4 is 28.7 Å². The van der Waals surface area contributed by atoms with Crippen molar-refractivity contribution in [2.75, 3.05) is 0 Å². The SMILES string of the molecule is CC(=O)NC(=O)C(=O)Oc1c[nH]c2ccccc12. The minimum absolute atomic E-state index is 0.245. The Morgan fingerprint density at radius 2 is 1.94 bits per heavy atom. The van der Waals surface area contributed by atoms with Gasteiger partial charge in [0, 0.05) is 24.0 Å². The molecule has 0 aliphatic carbocycles. The Hall–Kier alpha value is -2.63. The molecule has 0 aliphatic heterocycles. The molecule has 2 N–H and O–H groups in total. The van der Waals surface area contributed by atoms with Crippen LogP contribution in [-0.4, -0.2) is 22.8 Å². The molecule has 2 amide bonds. The molecule has 1 heterocycles. The van der Waals surface area contributed by atoms with E-state index in [1.807, 2.05) is 17.4 Å². The van der Waals surface area contributed by atoms with Crippen LogP contribution in [0.4, 0.5) is 0 Å². The largest absolute Gasteiger partial charge is 0.417 e. The number of benzene rings is 1. The molecule has 0 fully saturated rings. The quantitative estimate of drug-likeness (QED) is 0.573. The predicted octanol–water partition coefficient (Wildman–Crippen LogP) is 0.736. The Bertz CT molecular complexity index is 630. The molecule has 0 unspecified atom stereocenters. The standard InChI is InChI=1S/C12H10N2O4/c1-7(15)14-11(16)12(17)18-10-6-13-9-5-3-2-4-8(9)10/h2-6,13H,1H3,(H,14,15,16). The molecule has 18 heavy (non-hydrogen) atoms. The molecule has 1 aromatic carbocycles. The monoisotopic (exact) mass is 246 g/mol. The minimum Gasteiger partial charge on any atom is -0.417 e. The third-order valence-corrected chi connectivity index (χ3v) is 2.23. The van der Waals surface area contributed by atoms with E-state index in [1.54, 1.807) is 12.1 Å². The summed E-state index contributed by atoms with van der Waals surface area (Å²) in [5.74, 6) is -2.59. The maximum Gasteiger partial charge on any atom is 0.402 e. The van der Waals surface area contributed by atoms with Crippen LogP contribution in [0.1, 0.15) is 6.92 Å². The van der Waals surface area contributed by atoms with Crippen LogP contribution in [0.25, 0.3) is 10.9 Å². The van der Waals surface area contributed by atoms with Gasteiger partial charge >= 0.3 is 11.9 Å². The normalized spacial score (nSPS) is 10.1. The number of hydrogen-bond acceptors (Lipinski definition) is 4. The molecular weight excluding hydrogens is 236 g/mol. The van der Waals surface area contributed by atoms with E-state index in [0.29, 0.717) is 5.39 Å². The van der Waals surface area contributed by atoms with Crippen LogP contribution in [-0.2, 0) is 14.4 Å². The number of para-hydroxylation sites is 1. The number of carbonyl (C=O) groups is 3. The van der Waals surface area contributed by atoms with Gasteiger partial charge in [-0.3, -0.25) is 14.9 Å². The lowest BCUT2D eigenvalue weighted by molar-refractivity contribution is -0.149. The van der Waals surface area contributed by atoms with Gasteiger partial charge in [0.1, 0.15) is 0 Å². The van der Waals surface area contributed by atoms with Crippen molar-refractivity contribution in [1.29, 1.82) is 0 Å². The molecule has 92 valence electrons. The van der Waals surface area contributed by atoms with Gasteiger partial charge in [-0.05, 0) is 12.1 Å². The van der Waals surface area contributed by atoms with Gasteiger partial charge in [-0.25, -0.2) is 4.79 Å². The van der Waals surface area contributed by atoms with E-state index in [9.17, 15) is 14.4 Å². The number of nitrogens with one attached hydrogen (secondary N) is 2. The highest BCUT2D eigenvalue weighted by molar-refractivity contribution is 6.36. The van der Waals surface area contributed by atoms with Gasteiger partial charge in [0.05, 0.1) is 0 Å². The van der Waals surface area contributed by atoms with Crippen molar-refractivity contribution in [3.63, 3.8) is 0 Å². The molecule has 0 saturated carbocycles. The van der Waals surface area contributed by atoms with Crippen LogP contribution in [0.15, 0.2) is 30.5 Å². The highest BCUT2D eigenvalue weighted by Crippen LogP contribution is 2.24. The third kappa shape index (κ3) is 2.37. The highest BCUT2D eigenvalue weighted by Gasteiger charge is 2.19. The van der Waals surface area contributed by atoms with Crippen LogP contribution in [0, 0.1) is 0 Å². The van der Waals surface area contributed by atoms with Crippen molar-refractivity contribution in [3.05, 3.63) is 30.5 Å². The second-order valence-electron chi connectivity index (χ2n) is 3.60. The van der Waals surface area contributed by atoms with Crippen molar-refractivity contribution in [3.8, 4) is 5.75 Å². The van der Waals surface area contributed by atoms with E-state index in [4.69, 9.17) is 4.74 Å². The number of hydrogen-bond donors (Lipinski definition) is 2. The van der Waals surface area contributed by atoms with Crippen molar-refractivity contribution in [2.45, 2.75) is 6.92 Å². The highest BCUT2D eigenvalue weighted by atomic mass is 16.5. The third-order valence-electron chi connectivity index (χ3n) is 2.23. The summed E-state index contributed by atoms with van der Waals surface area (Å²) >= 11 is 0. The number of ether oxygens (including phenoxy) is 1. The van der Waals surface area contributed by atoms with E-state index >= 15 is 0 Å². The summed E-state index contributed by atoms with van der Waals surface area (Å²) in [6, 6.07) is 7.16. The van der Waals surface area contributed by atoms with Crippen LogP contribution in [0.5, 0.6) is 5.75 Å². The first kappa shape index (κ1) is 11.8. The van der Waals surface area contributed by atoms with E-state index < -0.39 is 17.8 Å². The molecule has 6 heteroatoms. The number of aromatic amines is 1. The first-order valence-electron chi connectivity index (χ1n) is 5.18. The van der Waals surface area contributed by atoms with Crippen LogP contribution < -0.4 is 10.1 Å². The fourth-order valence-corrected chi connectivity index (χ4v) is 1.49. The van der Waals surface area contributed by atoms with Crippen molar-refractivity contribution < 1.29 is 19.1 Å². The lowest BCUT2D eigenvalue weighted by atomic mass is 10.2. The fraction of sp³-hybridized carbons (Fsp3) is 0.0833. The zero-order chi connectivity index (χ0) is 13.1. The molecule has 0 radical (unpaired) electrons. The number of carbonyl (C=O) groups excluding carboxylic acids is 3. The first-order chi connectivity index (χ1) is 8.58. The van der Waals surface area contributed by atoms with Crippen molar-refractivity contribution in [2.24, 2.45) is 0 Å². The Morgan fingerprint density at radius 1 is 1.22 bits per heavy atom. The molecule has 2 aromatic rings. The molecule has 0 spiro atoms. The van der Waals surface area contributed by atoms with Gasteiger partial charge in [-0.15, -0.1) is 0 Å². The maximum atomic E-state index is 11.4. The first-order valence-corrected chi connectivity index (χ1v) is 5.18. The molecule has 2 rings (SSSR count). The van der Waals surface area contributed by atoms with Crippen LogP contribution >= 0.6 is 0 Å². The van der Waals surface area contributed by atoms with Gasteiger partial charge in [-0.1, -0.05) is 12.1 Å². The number of fused-ring (bicyclic) bond motifs is 1. The van der Waals surface area contributed by atoms with Gasteiger partial charge in [-0.2, -0.15) is 0 Å². The van der Waals surface area contributed by atoms with E-state index in [1.165, 1.54) is 6.20 Å². The Balaban J connectivity index is 2.16. The summed E-state index contributed by atoms with van der Waals surface area (Å²) in [6.07, 6.45) is 1.48. The zero-order valence-electron chi connectivity index (χ0n) is 9.52. The molecule has 6 nitrogen and oxygen atoms in total. The van der Waals surface area contributed by atoms with Crippen molar-refractivity contribution in [1.82, 2.24) is 10.3 Å². The summed E-state index contributed by atoms with van der Waals surface area (Å²) < 4.78 is 4.90. The summed E-state index contributed by atoms with van der Waals surface area (Å²) in [6.45, 7) is 1.14. The topological polar surface area (TPSA) is 88.3 Å². The van der Waals surface area contributed by atoms with Gasteiger partial charge in [0.25, 0.3) is 0 Å². The number of H-pyrrole nitrogens is 1. The number of rotatable bonds is 1. The number of imide groups is 1. The van der Waals surface area contributed by atoms with Gasteiger partial charge in [0.2, 0.25) is 5.91 Å². The van der Waals surface area contributed by atoms with Crippen LogP contribution in [0.3, 0.4) is 0 Å². The number of aromatic nitrogens is 1. The summed E-state index contributed by atoms with van der Waals surface area (Å²) in [4.78, 5) is 36.1. The second kappa shape index (κ2) is 4.70. The summed E-state index contributed by atoms with van der Waals surface area (Å²) in [5, 5.41) is 2.52. The Morgan fingerprint density at radius 3 is 2.67 bits per heavy atom. The smallest absolute Gasteiger partial charge is 0.402 e.